The van der Waals surface area contributed by atoms with Crippen molar-refractivity contribution < 1.29 is 9.53 Å². The number of nitrogens with zero attached hydrogens (tertiary/aromatic N) is 2. The number of rotatable bonds is 7. The molecular weight excluding hydrogens is 558 g/mol. The summed E-state index contributed by atoms with van der Waals surface area (Å²) in [5.41, 5.74) is 5.13. The number of fused-ring (bicyclic) bond motifs is 2. The molecule has 1 aliphatic heterocycles. The van der Waals surface area contributed by atoms with E-state index in [2.05, 4.69) is 49.2 Å². The number of hydrogen-bond acceptors (Lipinski definition) is 7. The molecule has 0 aliphatic carbocycles. The van der Waals surface area contributed by atoms with Gasteiger partial charge in [-0.25, -0.2) is 9.97 Å². The van der Waals surface area contributed by atoms with Crippen LogP contribution in [-0.2, 0) is 11.2 Å². The largest absolute Gasteiger partial charge is 0.497 e. The number of benzene rings is 3. The smallest absolute Gasteiger partial charge is 0.231 e. The van der Waals surface area contributed by atoms with Crippen molar-refractivity contribution in [3.8, 4) is 5.75 Å². The number of imidazole rings is 1. The van der Waals surface area contributed by atoms with E-state index in [1.807, 2.05) is 42.5 Å². The molecule has 1 saturated heterocycles. The molecule has 36 heavy (non-hydrogen) atoms. The number of H-pyrrole nitrogens is 1. The van der Waals surface area contributed by atoms with Gasteiger partial charge >= 0.3 is 0 Å². The Hall–Kier alpha value is -3.08. The number of hydrogen-bond donors (Lipinski definition) is 3. The minimum absolute atomic E-state index is 0.0728. The Morgan fingerprint density at radius 2 is 2.03 bits per heavy atom. The third-order valence-corrected chi connectivity index (χ3v) is 8.86. The number of halogens is 1. The molecule has 3 heterocycles. The van der Waals surface area contributed by atoms with Crippen LogP contribution in [0.25, 0.3) is 21.3 Å². The van der Waals surface area contributed by atoms with E-state index < -0.39 is 0 Å². The van der Waals surface area contributed by atoms with Gasteiger partial charge in [0, 0.05) is 10.9 Å². The molecule has 0 saturated carbocycles. The highest BCUT2D eigenvalue weighted by Crippen LogP contribution is 2.39. The first-order valence-electron chi connectivity index (χ1n) is 11.4. The van der Waals surface area contributed by atoms with Gasteiger partial charge in [0.2, 0.25) is 5.91 Å². The molecule has 1 amide bonds. The van der Waals surface area contributed by atoms with E-state index in [0.29, 0.717) is 12.8 Å². The molecule has 0 radical (unpaired) electrons. The lowest BCUT2D eigenvalue weighted by atomic mass is 10.0. The van der Waals surface area contributed by atoms with Crippen molar-refractivity contribution in [2.24, 2.45) is 0 Å². The SMILES string of the molecule is COc1ccc2nc(N[C@@H](Cc3ccc(C4CC(=O)NS4)c(Br)c3)c3nc4ccccc4[nH]3)sc2c1. The van der Waals surface area contributed by atoms with Crippen LogP contribution in [0.4, 0.5) is 5.13 Å². The number of methoxy groups -OCH3 is 1. The molecule has 0 spiro atoms. The van der Waals surface area contributed by atoms with Crippen LogP contribution in [0.15, 0.2) is 65.1 Å². The number of amides is 1. The second kappa shape index (κ2) is 9.76. The van der Waals surface area contributed by atoms with Crippen LogP contribution in [0.2, 0.25) is 0 Å². The van der Waals surface area contributed by atoms with Crippen molar-refractivity contribution in [1.82, 2.24) is 19.7 Å². The zero-order valence-corrected chi connectivity index (χ0v) is 22.5. The van der Waals surface area contributed by atoms with Gasteiger partial charge in [0.05, 0.1) is 39.7 Å². The zero-order valence-electron chi connectivity index (χ0n) is 19.2. The van der Waals surface area contributed by atoms with Crippen molar-refractivity contribution in [3.05, 3.63) is 82.1 Å². The normalized spacial score (nSPS) is 16.4. The first-order chi connectivity index (χ1) is 17.6. The van der Waals surface area contributed by atoms with Crippen LogP contribution < -0.4 is 14.8 Å². The molecule has 3 N–H and O–H groups in total. The third-order valence-electron chi connectivity index (χ3n) is 6.17. The molecule has 1 unspecified atom stereocenters. The number of anilines is 1. The molecule has 10 heteroatoms. The average Bonchev–Trinajstić information content (AvgIpc) is 3.60. The summed E-state index contributed by atoms with van der Waals surface area (Å²) in [7, 11) is 1.67. The molecule has 1 fully saturated rings. The number of carbonyl (C=O) groups excluding carboxylic acids is 1. The Morgan fingerprint density at radius 1 is 1.14 bits per heavy atom. The number of ether oxygens (including phenoxy) is 1. The molecule has 6 rings (SSSR count). The fourth-order valence-corrected chi connectivity index (χ4v) is 7.08. The molecule has 182 valence electrons. The summed E-state index contributed by atoms with van der Waals surface area (Å²) in [6.07, 6.45) is 1.20. The molecule has 2 atom stereocenters. The van der Waals surface area contributed by atoms with E-state index >= 15 is 0 Å². The van der Waals surface area contributed by atoms with Crippen LogP contribution in [0.5, 0.6) is 5.75 Å². The molecular formula is C26H22BrN5O2S2. The van der Waals surface area contributed by atoms with E-state index in [4.69, 9.17) is 14.7 Å². The lowest BCUT2D eigenvalue weighted by molar-refractivity contribution is -0.118. The van der Waals surface area contributed by atoms with Gasteiger partial charge in [0.25, 0.3) is 0 Å². The highest BCUT2D eigenvalue weighted by atomic mass is 79.9. The maximum Gasteiger partial charge on any atom is 0.231 e. The summed E-state index contributed by atoms with van der Waals surface area (Å²) < 4.78 is 10.3. The van der Waals surface area contributed by atoms with Gasteiger partial charge < -0.3 is 15.0 Å². The molecule has 0 bridgehead atoms. The first-order valence-corrected chi connectivity index (χ1v) is 13.9. The van der Waals surface area contributed by atoms with Crippen molar-refractivity contribution >= 4 is 71.5 Å². The first kappa shape index (κ1) is 23.3. The molecule has 3 aromatic carbocycles. The summed E-state index contributed by atoms with van der Waals surface area (Å²) in [6.45, 7) is 0. The highest BCUT2D eigenvalue weighted by molar-refractivity contribution is 9.10. The molecule has 1 aliphatic rings. The van der Waals surface area contributed by atoms with Crippen molar-refractivity contribution in [2.75, 3.05) is 12.4 Å². The van der Waals surface area contributed by atoms with Crippen molar-refractivity contribution in [3.63, 3.8) is 0 Å². The monoisotopic (exact) mass is 579 g/mol. The van der Waals surface area contributed by atoms with Crippen molar-refractivity contribution in [2.45, 2.75) is 24.1 Å². The van der Waals surface area contributed by atoms with Crippen LogP contribution >= 0.6 is 39.2 Å². The topological polar surface area (TPSA) is 91.9 Å². The number of nitrogens with one attached hydrogen (secondary N) is 3. The van der Waals surface area contributed by atoms with Crippen molar-refractivity contribution in [1.29, 1.82) is 0 Å². The number of thiazole rings is 1. The Balaban J connectivity index is 1.32. The second-order valence-electron chi connectivity index (χ2n) is 8.58. The van der Waals surface area contributed by atoms with Gasteiger partial charge in [-0.15, -0.1) is 0 Å². The maximum atomic E-state index is 11.7. The average molecular weight is 581 g/mol. The molecule has 5 aromatic rings. The predicted octanol–water partition coefficient (Wildman–Crippen LogP) is 6.55. The Kier molecular flexibility index (Phi) is 6.32. The van der Waals surface area contributed by atoms with Crippen LogP contribution in [0, 0.1) is 0 Å². The summed E-state index contributed by atoms with van der Waals surface area (Å²) in [6, 6.07) is 20.2. The van der Waals surface area contributed by atoms with Gasteiger partial charge in [-0.1, -0.05) is 51.5 Å². The van der Waals surface area contributed by atoms with Crippen LogP contribution in [0.3, 0.4) is 0 Å². The van der Waals surface area contributed by atoms with E-state index in [-0.39, 0.29) is 17.2 Å². The van der Waals surface area contributed by atoms with E-state index in [0.717, 1.165) is 53.6 Å². The van der Waals surface area contributed by atoms with E-state index in [9.17, 15) is 4.79 Å². The standard InChI is InChI=1S/C26H22BrN5O2S2/c1-34-15-7-9-20-23(12-15)35-26(30-20)31-21(25-28-18-4-2-3-5-19(18)29-25)11-14-6-8-16(17(27)10-14)22-13-24(33)32-36-22/h2-10,12,21-22H,11,13H2,1H3,(H,28,29)(H,30,31)(H,32,33)/t21-,22?/m0/s1. The fraction of sp³-hybridized carbons (Fsp3) is 0.192. The van der Waals surface area contributed by atoms with Crippen LogP contribution in [-0.4, -0.2) is 28.0 Å². The molecule has 2 aromatic heterocycles. The lowest BCUT2D eigenvalue weighted by Crippen LogP contribution is -2.15. The van der Waals surface area contributed by atoms with Gasteiger partial charge in [0.15, 0.2) is 5.13 Å². The number of aromatic nitrogens is 3. The second-order valence-corrected chi connectivity index (χ2v) is 11.5. The molecule has 7 nitrogen and oxygen atoms in total. The van der Waals surface area contributed by atoms with Gasteiger partial charge in [-0.2, -0.15) is 0 Å². The zero-order chi connectivity index (χ0) is 24.6. The van der Waals surface area contributed by atoms with Gasteiger partial charge in [-0.05, 0) is 65.9 Å². The van der Waals surface area contributed by atoms with Gasteiger partial charge in [0.1, 0.15) is 11.6 Å². The van der Waals surface area contributed by atoms with Gasteiger partial charge in [-0.3, -0.25) is 9.52 Å². The third kappa shape index (κ3) is 4.68. The number of para-hydroxylation sites is 2. The van der Waals surface area contributed by atoms with E-state index in [1.54, 1.807) is 18.4 Å². The number of carbonyl (C=O) groups is 1. The maximum absolute atomic E-state index is 11.7. The quantitative estimate of drug-likeness (QED) is 0.189. The number of aromatic amines is 1. The fourth-order valence-electron chi connectivity index (χ4n) is 4.35. The predicted molar refractivity (Wildman–Crippen MR) is 150 cm³/mol. The summed E-state index contributed by atoms with van der Waals surface area (Å²) in [5.74, 6) is 1.74. The summed E-state index contributed by atoms with van der Waals surface area (Å²) >= 11 is 6.80. The minimum Gasteiger partial charge on any atom is -0.497 e. The van der Waals surface area contributed by atoms with E-state index in [1.165, 1.54) is 11.9 Å². The highest BCUT2D eigenvalue weighted by Gasteiger charge is 2.26. The Morgan fingerprint density at radius 3 is 2.81 bits per heavy atom. The Bertz CT molecular complexity index is 1550. The summed E-state index contributed by atoms with van der Waals surface area (Å²) in [5, 5.41) is 4.57. The summed E-state index contributed by atoms with van der Waals surface area (Å²) in [4.78, 5) is 24.8. The Labute approximate surface area is 224 Å². The lowest BCUT2D eigenvalue weighted by Gasteiger charge is -2.18. The van der Waals surface area contributed by atoms with Crippen LogP contribution in [0.1, 0.15) is 34.7 Å². The minimum atomic E-state index is -0.123.